The average molecular weight is 588 g/mol. The molecule has 0 aliphatic carbocycles. The van der Waals surface area contributed by atoms with Crippen molar-refractivity contribution in [1.29, 1.82) is 0 Å². The van der Waals surface area contributed by atoms with Crippen LogP contribution in [0.1, 0.15) is 0 Å². The summed E-state index contributed by atoms with van der Waals surface area (Å²) >= 11 is 0. The van der Waals surface area contributed by atoms with E-state index in [4.69, 9.17) is 4.42 Å². The zero-order valence-corrected chi connectivity index (χ0v) is 25.1. The maximum absolute atomic E-state index is 6.23. The van der Waals surface area contributed by atoms with E-state index in [2.05, 4.69) is 169 Å². The molecule has 216 valence electrons. The molecule has 2 nitrogen and oxygen atoms in total. The SMILES string of the molecule is c1ccc(-c2ccc(N(c3ccccc3)c3cccc4c(-c5cccc6c5ccc5oc7ccccc7c56)cccc34)cc2)cc1. The lowest BCUT2D eigenvalue weighted by Gasteiger charge is -2.27. The number of furan rings is 1. The summed E-state index contributed by atoms with van der Waals surface area (Å²) in [5.74, 6) is 0. The molecule has 0 aliphatic rings. The topological polar surface area (TPSA) is 16.4 Å². The van der Waals surface area contributed by atoms with Crippen LogP contribution in [0.3, 0.4) is 0 Å². The van der Waals surface area contributed by atoms with Crippen molar-refractivity contribution in [1.82, 2.24) is 0 Å². The fraction of sp³-hybridized carbons (Fsp3) is 0. The first-order valence-electron chi connectivity index (χ1n) is 15.7. The molecule has 2 heteroatoms. The van der Waals surface area contributed by atoms with Gasteiger partial charge in [-0.1, -0.05) is 133 Å². The van der Waals surface area contributed by atoms with Crippen molar-refractivity contribution in [3.63, 3.8) is 0 Å². The third kappa shape index (κ3) is 4.27. The van der Waals surface area contributed by atoms with Crippen LogP contribution in [0.25, 0.3) is 65.7 Å². The van der Waals surface area contributed by atoms with Crippen molar-refractivity contribution in [3.05, 3.63) is 176 Å². The lowest BCUT2D eigenvalue weighted by molar-refractivity contribution is 0.669. The Kier molecular flexibility index (Phi) is 6.17. The smallest absolute Gasteiger partial charge is 0.136 e. The molecule has 0 fully saturated rings. The monoisotopic (exact) mass is 587 g/mol. The van der Waals surface area contributed by atoms with Gasteiger partial charge in [0.15, 0.2) is 0 Å². The standard InChI is InChI=1S/C44H29NO/c1-3-12-30(13-4-1)31-24-26-33(27-25-31)45(32-14-5-2-6-15-32)41-22-11-19-36-34(17-9-20-38(36)41)35-18-10-21-39-37(35)28-29-43-44(39)40-16-7-8-23-42(40)46-43/h1-29H. The summed E-state index contributed by atoms with van der Waals surface area (Å²) in [6.07, 6.45) is 0. The number of para-hydroxylation sites is 2. The van der Waals surface area contributed by atoms with E-state index in [1.165, 1.54) is 49.2 Å². The van der Waals surface area contributed by atoms with Crippen molar-refractivity contribution in [3.8, 4) is 22.3 Å². The molecule has 0 saturated heterocycles. The predicted molar refractivity (Wildman–Crippen MR) is 194 cm³/mol. The van der Waals surface area contributed by atoms with Crippen molar-refractivity contribution in [2.24, 2.45) is 0 Å². The van der Waals surface area contributed by atoms with Crippen LogP contribution in [0.5, 0.6) is 0 Å². The summed E-state index contributed by atoms with van der Waals surface area (Å²) in [7, 11) is 0. The first-order valence-corrected chi connectivity index (χ1v) is 15.7. The maximum atomic E-state index is 6.23. The third-order valence-electron chi connectivity index (χ3n) is 9.08. The summed E-state index contributed by atoms with van der Waals surface area (Å²) in [4.78, 5) is 2.37. The van der Waals surface area contributed by atoms with E-state index in [-0.39, 0.29) is 0 Å². The number of benzene rings is 8. The molecule has 8 aromatic carbocycles. The number of hydrogen-bond acceptors (Lipinski definition) is 2. The molecule has 0 aliphatic heterocycles. The Labute approximate surface area is 267 Å². The van der Waals surface area contributed by atoms with Crippen LogP contribution in [-0.4, -0.2) is 0 Å². The molecule has 1 aromatic heterocycles. The fourth-order valence-electron chi connectivity index (χ4n) is 6.98. The molecular formula is C44H29NO. The largest absolute Gasteiger partial charge is 0.456 e. The second-order valence-electron chi connectivity index (χ2n) is 11.7. The van der Waals surface area contributed by atoms with Gasteiger partial charge in [0, 0.05) is 27.5 Å². The minimum absolute atomic E-state index is 0.919. The van der Waals surface area contributed by atoms with Crippen LogP contribution in [0.15, 0.2) is 180 Å². The second-order valence-corrected chi connectivity index (χ2v) is 11.7. The second kappa shape index (κ2) is 10.8. The number of anilines is 3. The number of hydrogen-bond donors (Lipinski definition) is 0. The zero-order valence-electron chi connectivity index (χ0n) is 25.1. The van der Waals surface area contributed by atoms with Gasteiger partial charge in [0.05, 0.1) is 5.69 Å². The van der Waals surface area contributed by atoms with Crippen molar-refractivity contribution in [2.75, 3.05) is 4.90 Å². The summed E-state index contributed by atoms with van der Waals surface area (Å²) in [5, 5.41) is 7.16. The summed E-state index contributed by atoms with van der Waals surface area (Å²) < 4.78 is 6.23. The number of rotatable bonds is 5. The normalized spacial score (nSPS) is 11.5. The van der Waals surface area contributed by atoms with E-state index in [9.17, 15) is 0 Å². The Morgan fingerprint density at radius 1 is 0.326 bits per heavy atom. The van der Waals surface area contributed by atoms with Crippen molar-refractivity contribution in [2.45, 2.75) is 0 Å². The van der Waals surface area contributed by atoms with Gasteiger partial charge in [-0.15, -0.1) is 0 Å². The van der Waals surface area contributed by atoms with Gasteiger partial charge in [0.25, 0.3) is 0 Å². The maximum Gasteiger partial charge on any atom is 0.136 e. The van der Waals surface area contributed by atoms with Crippen molar-refractivity contribution < 1.29 is 4.42 Å². The Balaban J connectivity index is 1.24. The molecule has 0 saturated carbocycles. The van der Waals surface area contributed by atoms with E-state index in [0.717, 1.165) is 33.6 Å². The molecule has 0 amide bonds. The molecular weight excluding hydrogens is 558 g/mol. The highest BCUT2D eigenvalue weighted by molar-refractivity contribution is 6.22. The zero-order chi connectivity index (χ0) is 30.5. The molecule has 0 N–H and O–H groups in total. The highest BCUT2D eigenvalue weighted by Gasteiger charge is 2.18. The molecule has 46 heavy (non-hydrogen) atoms. The van der Waals surface area contributed by atoms with E-state index < -0.39 is 0 Å². The van der Waals surface area contributed by atoms with Crippen molar-refractivity contribution >= 4 is 60.5 Å². The highest BCUT2D eigenvalue weighted by Crippen LogP contribution is 2.44. The van der Waals surface area contributed by atoms with E-state index >= 15 is 0 Å². The van der Waals surface area contributed by atoms with Crippen LogP contribution in [0, 0.1) is 0 Å². The van der Waals surface area contributed by atoms with Gasteiger partial charge in [0.2, 0.25) is 0 Å². The first-order chi connectivity index (χ1) is 22.8. The van der Waals surface area contributed by atoms with Crippen LogP contribution in [0.2, 0.25) is 0 Å². The van der Waals surface area contributed by atoms with Crippen LogP contribution in [-0.2, 0) is 0 Å². The predicted octanol–water partition coefficient (Wildman–Crippen LogP) is 12.7. The van der Waals surface area contributed by atoms with E-state index in [1.54, 1.807) is 0 Å². The molecule has 1 heterocycles. The molecule has 0 bridgehead atoms. The van der Waals surface area contributed by atoms with Gasteiger partial charge in [-0.05, 0) is 80.9 Å². The molecule has 9 rings (SSSR count). The Morgan fingerprint density at radius 2 is 0.891 bits per heavy atom. The Bertz CT molecular complexity index is 2510. The fourth-order valence-corrected chi connectivity index (χ4v) is 6.98. The molecule has 9 aromatic rings. The van der Waals surface area contributed by atoms with Gasteiger partial charge < -0.3 is 9.32 Å². The van der Waals surface area contributed by atoms with Crippen LogP contribution < -0.4 is 4.90 Å². The minimum Gasteiger partial charge on any atom is -0.456 e. The van der Waals surface area contributed by atoms with Gasteiger partial charge in [0.1, 0.15) is 11.2 Å². The molecule has 0 unspecified atom stereocenters. The highest BCUT2D eigenvalue weighted by atomic mass is 16.3. The molecule has 0 radical (unpaired) electrons. The quantitative estimate of drug-likeness (QED) is 0.199. The lowest BCUT2D eigenvalue weighted by atomic mass is 9.92. The first kappa shape index (κ1) is 26.3. The van der Waals surface area contributed by atoms with E-state index in [1.807, 2.05) is 12.1 Å². The third-order valence-corrected chi connectivity index (χ3v) is 9.08. The minimum atomic E-state index is 0.919. The summed E-state index contributed by atoms with van der Waals surface area (Å²) in [6.45, 7) is 0. The molecule has 0 atom stereocenters. The lowest BCUT2D eigenvalue weighted by Crippen LogP contribution is -2.10. The van der Waals surface area contributed by atoms with Crippen LogP contribution in [0.4, 0.5) is 17.1 Å². The average Bonchev–Trinajstić information content (AvgIpc) is 3.52. The van der Waals surface area contributed by atoms with Gasteiger partial charge in [-0.3, -0.25) is 0 Å². The van der Waals surface area contributed by atoms with E-state index in [0.29, 0.717) is 0 Å². The summed E-state index contributed by atoms with van der Waals surface area (Å²) in [5.41, 5.74) is 10.1. The van der Waals surface area contributed by atoms with Gasteiger partial charge >= 0.3 is 0 Å². The Hall–Kier alpha value is -6.12. The summed E-state index contributed by atoms with van der Waals surface area (Å²) in [6, 6.07) is 62.7. The number of nitrogens with zero attached hydrogens (tertiary/aromatic N) is 1. The van der Waals surface area contributed by atoms with Crippen LogP contribution >= 0.6 is 0 Å². The number of fused-ring (bicyclic) bond motifs is 6. The van der Waals surface area contributed by atoms with Gasteiger partial charge in [-0.2, -0.15) is 0 Å². The Morgan fingerprint density at radius 3 is 1.67 bits per heavy atom. The molecule has 0 spiro atoms. The van der Waals surface area contributed by atoms with Gasteiger partial charge in [-0.25, -0.2) is 0 Å².